The number of allylic oxidation sites excluding steroid dienone is 2. The van der Waals surface area contributed by atoms with Crippen molar-refractivity contribution >= 4 is 22.4 Å². The van der Waals surface area contributed by atoms with Gasteiger partial charge in [0, 0.05) is 41.5 Å². The van der Waals surface area contributed by atoms with Crippen LogP contribution >= 0.6 is 0 Å². The Hall–Kier alpha value is -4.29. The highest BCUT2D eigenvalue weighted by Gasteiger charge is 2.22. The molecule has 6 nitrogen and oxygen atoms in total. The van der Waals surface area contributed by atoms with E-state index in [0.717, 1.165) is 52.4 Å². The summed E-state index contributed by atoms with van der Waals surface area (Å²) in [7, 11) is 0. The fraction of sp³-hybridized carbons (Fsp3) is 0.242. The smallest absolute Gasteiger partial charge is 0.338 e. The summed E-state index contributed by atoms with van der Waals surface area (Å²) in [4.78, 5) is 21.8. The van der Waals surface area contributed by atoms with E-state index in [1.165, 1.54) is 0 Å². The number of ether oxygens (including phenoxy) is 2. The van der Waals surface area contributed by atoms with Crippen molar-refractivity contribution in [1.29, 1.82) is 0 Å². The molecule has 4 aromatic rings. The van der Waals surface area contributed by atoms with Gasteiger partial charge in [-0.3, -0.25) is 9.97 Å². The second-order valence-corrected chi connectivity index (χ2v) is 9.22. The van der Waals surface area contributed by atoms with Crippen molar-refractivity contribution in [3.8, 4) is 5.75 Å². The minimum atomic E-state index is -0.636. The number of benzene rings is 2. The molecule has 1 N–H and O–H groups in total. The molecule has 0 aliphatic heterocycles. The molecule has 0 radical (unpaired) electrons. The Bertz CT molecular complexity index is 1430. The Kier molecular flexibility index (Phi) is 9.98. The van der Waals surface area contributed by atoms with E-state index in [2.05, 4.69) is 35.6 Å². The van der Waals surface area contributed by atoms with E-state index in [1.807, 2.05) is 54.7 Å². The van der Waals surface area contributed by atoms with E-state index < -0.39 is 12.1 Å². The number of pyridine rings is 2. The van der Waals surface area contributed by atoms with Crippen LogP contribution < -0.4 is 4.74 Å². The van der Waals surface area contributed by atoms with Gasteiger partial charge in [-0.05, 0) is 54.3 Å². The van der Waals surface area contributed by atoms with Crippen LogP contribution in [0.25, 0.3) is 16.5 Å². The van der Waals surface area contributed by atoms with E-state index in [-0.39, 0.29) is 13.2 Å². The van der Waals surface area contributed by atoms with Crippen LogP contribution in [0.4, 0.5) is 0 Å². The summed E-state index contributed by atoms with van der Waals surface area (Å²) in [6.07, 6.45) is 9.77. The molecule has 4 rings (SSSR count). The van der Waals surface area contributed by atoms with Crippen LogP contribution in [0.15, 0.2) is 104 Å². The lowest BCUT2D eigenvalue weighted by molar-refractivity contribution is 0.0296. The number of aliphatic hydroxyl groups is 1. The first-order valence-electron chi connectivity index (χ1n) is 13.3. The quantitative estimate of drug-likeness (QED) is 0.149. The molecular formula is C33H34N2O4. The van der Waals surface area contributed by atoms with Gasteiger partial charge in [0.15, 0.2) is 0 Å². The number of carbonyl (C=O) groups is 1. The Morgan fingerprint density at radius 2 is 1.82 bits per heavy atom. The number of hydrogen-bond donors (Lipinski definition) is 1. The Balaban J connectivity index is 1.72. The second kappa shape index (κ2) is 14.0. The molecule has 0 unspecified atom stereocenters. The van der Waals surface area contributed by atoms with Gasteiger partial charge in [0.05, 0.1) is 17.7 Å². The number of fused-ring (bicyclic) bond motifs is 1. The summed E-state index contributed by atoms with van der Waals surface area (Å²) >= 11 is 0. The molecule has 0 saturated heterocycles. The van der Waals surface area contributed by atoms with Gasteiger partial charge >= 0.3 is 5.97 Å². The predicted molar refractivity (Wildman–Crippen MR) is 154 cm³/mol. The number of carbonyl (C=O) groups excluding carboxylic acids is 1. The van der Waals surface area contributed by atoms with E-state index >= 15 is 0 Å². The maximum Gasteiger partial charge on any atom is 0.338 e. The summed E-state index contributed by atoms with van der Waals surface area (Å²) in [6.45, 7) is 6.58. The molecule has 2 aromatic carbocycles. The second-order valence-electron chi connectivity index (χ2n) is 9.22. The molecule has 0 amide bonds. The third kappa shape index (κ3) is 7.39. The molecule has 39 heavy (non-hydrogen) atoms. The monoisotopic (exact) mass is 522 g/mol. The Labute approximate surface area is 229 Å². The first-order chi connectivity index (χ1) is 19.1. The molecule has 0 aliphatic rings. The fourth-order valence-corrected chi connectivity index (χ4v) is 4.39. The number of nitrogens with zero attached hydrogens (tertiary/aromatic N) is 2. The molecular weight excluding hydrogens is 488 g/mol. The van der Waals surface area contributed by atoms with Crippen molar-refractivity contribution in [1.82, 2.24) is 9.97 Å². The summed E-state index contributed by atoms with van der Waals surface area (Å²) in [5.41, 5.74) is 5.04. The number of aliphatic hydroxyl groups excluding tert-OH is 1. The zero-order valence-electron chi connectivity index (χ0n) is 22.3. The maximum absolute atomic E-state index is 13.1. The van der Waals surface area contributed by atoms with E-state index in [4.69, 9.17) is 9.47 Å². The van der Waals surface area contributed by atoms with Gasteiger partial charge in [-0.1, -0.05) is 62.4 Å². The lowest BCUT2D eigenvalue weighted by Gasteiger charge is -2.21. The van der Waals surface area contributed by atoms with Crippen molar-refractivity contribution in [3.05, 3.63) is 120 Å². The average Bonchev–Trinajstić information content (AvgIpc) is 2.99. The molecule has 0 aliphatic carbocycles. The molecule has 200 valence electrons. The highest BCUT2D eigenvalue weighted by Crippen LogP contribution is 2.34. The number of para-hydroxylation sites is 2. The van der Waals surface area contributed by atoms with Crippen molar-refractivity contribution in [3.63, 3.8) is 0 Å². The minimum absolute atomic E-state index is 0.119. The fourth-order valence-electron chi connectivity index (χ4n) is 4.39. The standard InChI is InChI=1S/C33H34N2O4/c1-3-4-9-24(2)28(27-22-26-10-5-7-12-30(26)35-23-27)14-15-32(39-33(37)25-16-18-34-19-17-25)29-11-6-8-13-31(29)38-21-20-36/h5-8,10-14,16-19,22-23,32,36H,2-4,9,15,20-21H2,1H3/b28-14-/t32-/m1/s1. The number of esters is 1. The van der Waals surface area contributed by atoms with Gasteiger partial charge < -0.3 is 14.6 Å². The largest absolute Gasteiger partial charge is 0.491 e. The summed E-state index contributed by atoms with van der Waals surface area (Å²) in [5, 5.41) is 10.4. The molecule has 6 heteroatoms. The zero-order valence-corrected chi connectivity index (χ0v) is 22.3. The van der Waals surface area contributed by atoms with Crippen LogP contribution in [-0.2, 0) is 4.74 Å². The van der Waals surface area contributed by atoms with Crippen molar-refractivity contribution in [2.24, 2.45) is 0 Å². The number of aromatic nitrogens is 2. The predicted octanol–water partition coefficient (Wildman–Crippen LogP) is 7.12. The van der Waals surface area contributed by atoms with Crippen molar-refractivity contribution in [2.75, 3.05) is 13.2 Å². The third-order valence-electron chi connectivity index (χ3n) is 6.43. The summed E-state index contributed by atoms with van der Waals surface area (Å²) in [6, 6.07) is 20.8. The molecule has 0 spiro atoms. The van der Waals surface area contributed by atoms with Crippen LogP contribution in [0.3, 0.4) is 0 Å². The molecule has 2 aromatic heterocycles. The van der Waals surface area contributed by atoms with Gasteiger partial charge in [-0.25, -0.2) is 4.79 Å². The molecule has 0 bridgehead atoms. The van der Waals surface area contributed by atoms with Gasteiger partial charge in [-0.2, -0.15) is 0 Å². The van der Waals surface area contributed by atoms with E-state index in [1.54, 1.807) is 24.5 Å². The Morgan fingerprint density at radius 1 is 1.05 bits per heavy atom. The normalized spacial score (nSPS) is 12.2. The third-order valence-corrected chi connectivity index (χ3v) is 6.43. The Morgan fingerprint density at radius 3 is 2.62 bits per heavy atom. The number of rotatable bonds is 13. The van der Waals surface area contributed by atoms with Crippen LogP contribution in [0.5, 0.6) is 5.75 Å². The SMILES string of the molecule is C=C(CCCC)/C(=C/C[C@@H](OC(=O)c1ccncc1)c1ccccc1OCCO)c1cnc2ccccc2c1. The number of unbranched alkanes of at least 4 members (excludes halogenated alkanes) is 1. The van der Waals surface area contributed by atoms with Crippen molar-refractivity contribution < 1.29 is 19.4 Å². The van der Waals surface area contributed by atoms with Gasteiger partial charge in [-0.15, -0.1) is 0 Å². The van der Waals surface area contributed by atoms with E-state index in [0.29, 0.717) is 17.7 Å². The van der Waals surface area contributed by atoms with Crippen molar-refractivity contribution in [2.45, 2.75) is 38.7 Å². The summed E-state index contributed by atoms with van der Waals surface area (Å²) in [5.74, 6) is 0.109. The molecule has 1 atom stereocenters. The van der Waals surface area contributed by atoms with Crippen LogP contribution in [-0.4, -0.2) is 34.3 Å². The summed E-state index contributed by atoms with van der Waals surface area (Å²) < 4.78 is 11.9. The molecule has 0 saturated carbocycles. The number of hydrogen-bond acceptors (Lipinski definition) is 6. The lowest BCUT2D eigenvalue weighted by atomic mass is 9.93. The maximum atomic E-state index is 13.1. The topological polar surface area (TPSA) is 81.5 Å². The first kappa shape index (κ1) is 27.7. The molecule has 2 heterocycles. The van der Waals surface area contributed by atoms with Gasteiger partial charge in [0.2, 0.25) is 0 Å². The first-order valence-corrected chi connectivity index (χ1v) is 13.3. The van der Waals surface area contributed by atoms with Gasteiger partial charge in [0.25, 0.3) is 0 Å². The highest BCUT2D eigenvalue weighted by molar-refractivity contribution is 5.89. The lowest BCUT2D eigenvalue weighted by Crippen LogP contribution is -2.14. The average molecular weight is 523 g/mol. The van der Waals surface area contributed by atoms with Crippen LogP contribution in [0.2, 0.25) is 0 Å². The highest BCUT2D eigenvalue weighted by atomic mass is 16.5. The zero-order chi connectivity index (χ0) is 27.5. The van der Waals surface area contributed by atoms with Crippen LogP contribution in [0.1, 0.15) is 60.2 Å². The van der Waals surface area contributed by atoms with Crippen LogP contribution in [0, 0.1) is 0 Å². The molecule has 0 fully saturated rings. The minimum Gasteiger partial charge on any atom is -0.491 e. The van der Waals surface area contributed by atoms with E-state index in [9.17, 15) is 9.90 Å². The van der Waals surface area contributed by atoms with Gasteiger partial charge in [0.1, 0.15) is 18.5 Å².